The first-order valence-corrected chi connectivity index (χ1v) is 14.7. The lowest BCUT2D eigenvalue weighted by Crippen LogP contribution is -2.55. The molecule has 5 atom stereocenters. The quantitative estimate of drug-likeness (QED) is 0.498. The Labute approximate surface area is 232 Å². The van der Waals surface area contributed by atoms with Crippen molar-refractivity contribution in [3.63, 3.8) is 0 Å². The number of hydrogen-bond acceptors (Lipinski definition) is 7. The van der Waals surface area contributed by atoms with Crippen LogP contribution in [-0.4, -0.2) is 73.2 Å². The summed E-state index contributed by atoms with van der Waals surface area (Å²) < 4.78 is 2.18. The third-order valence-corrected chi connectivity index (χ3v) is 10.1. The number of fused-ring (bicyclic) bond motifs is 3. The lowest BCUT2D eigenvalue weighted by Gasteiger charge is -2.58. The first-order valence-electron chi connectivity index (χ1n) is 14.7. The highest BCUT2D eigenvalue weighted by molar-refractivity contribution is 6.36. The summed E-state index contributed by atoms with van der Waals surface area (Å²) in [6.07, 6.45) is 13.5. The second-order valence-electron chi connectivity index (χ2n) is 12.6. The molecule has 5 aliphatic carbocycles. The summed E-state index contributed by atoms with van der Waals surface area (Å²) in [5.74, 6) is 1.40. The van der Waals surface area contributed by atoms with Crippen molar-refractivity contribution in [1.29, 1.82) is 0 Å². The highest BCUT2D eigenvalue weighted by Crippen LogP contribution is 2.60. The molecule has 3 unspecified atom stereocenters. The first kappa shape index (κ1) is 24.2. The van der Waals surface area contributed by atoms with Gasteiger partial charge in [0, 0.05) is 55.9 Å². The molecule has 9 heteroatoms. The van der Waals surface area contributed by atoms with Crippen LogP contribution in [0.25, 0.3) is 17.0 Å². The number of aliphatic hydroxyl groups is 1. The van der Waals surface area contributed by atoms with E-state index in [-0.39, 0.29) is 12.5 Å². The van der Waals surface area contributed by atoms with E-state index in [1.807, 2.05) is 24.4 Å². The minimum Gasteiger partial charge on any atom is -0.390 e. The molecule has 4 bridgehead atoms. The number of aromatic nitrogens is 4. The van der Waals surface area contributed by atoms with Gasteiger partial charge in [0.1, 0.15) is 5.82 Å². The van der Waals surface area contributed by atoms with Gasteiger partial charge < -0.3 is 14.9 Å². The lowest BCUT2D eigenvalue weighted by molar-refractivity contribution is -0.148. The van der Waals surface area contributed by atoms with Crippen LogP contribution in [0.5, 0.6) is 0 Å². The normalized spacial score (nSPS) is 30.3. The Bertz CT molecular complexity index is 1520. The zero-order chi connectivity index (χ0) is 27.0. The predicted molar refractivity (Wildman–Crippen MR) is 150 cm³/mol. The highest BCUT2D eigenvalue weighted by atomic mass is 16.3. The summed E-state index contributed by atoms with van der Waals surface area (Å²) in [4.78, 5) is 39.6. The second kappa shape index (κ2) is 8.96. The van der Waals surface area contributed by atoms with Gasteiger partial charge in [-0.25, -0.2) is 4.98 Å². The maximum absolute atomic E-state index is 13.4. The summed E-state index contributed by atoms with van der Waals surface area (Å²) in [6.45, 7) is 2.28. The molecule has 1 aliphatic heterocycles. The maximum Gasteiger partial charge on any atom is 0.290 e. The number of nitrogens with zero attached hydrogens (tertiary/aromatic N) is 6. The van der Waals surface area contributed by atoms with Crippen LogP contribution in [0.3, 0.4) is 0 Å². The standard InChI is InChI=1S/C31H34N6O3/c38-26(30(39)36-10-8-35(9-11-36)27-6-1-2-7-32-27)14-25-23-18-33-24-5-3-4-22(24)29(23)37(34-25)28-20-12-19-13-21(28)17-31(40,15-19)16-20/h1-4,6-7,18-21,28,40H,5,8-17H2/t19?,20-,21+,28?,31?. The van der Waals surface area contributed by atoms with E-state index in [0.29, 0.717) is 49.6 Å². The molecule has 40 heavy (non-hydrogen) atoms. The Hall–Kier alpha value is -3.59. The van der Waals surface area contributed by atoms with E-state index in [1.165, 1.54) is 0 Å². The number of amides is 1. The van der Waals surface area contributed by atoms with E-state index in [4.69, 9.17) is 10.1 Å². The van der Waals surface area contributed by atoms with Crippen LogP contribution in [0, 0.1) is 17.8 Å². The Kier molecular flexibility index (Phi) is 5.43. The van der Waals surface area contributed by atoms with E-state index in [9.17, 15) is 14.7 Å². The third kappa shape index (κ3) is 3.81. The fourth-order valence-electron chi connectivity index (χ4n) is 8.66. The smallest absolute Gasteiger partial charge is 0.290 e. The van der Waals surface area contributed by atoms with Crippen LogP contribution in [-0.2, 0) is 22.4 Å². The highest BCUT2D eigenvalue weighted by Gasteiger charge is 2.56. The van der Waals surface area contributed by atoms with Gasteiger partial charge in [0.25, 0.3) is 5.91 Å². The molecule has 3 aromatic rings. The number of hydrogen-bond donors (Lipinski definition) is 1. The molecule has 6 aliphatic rings. The number of piperazine rings is 1. The SMILES string of the molecule is O=C(Cc1nn(C2[C@@H]3CC4C[C@H]2CC(O)(C4)C3)c2c3c(ncc12)CC=C3)C(=O)N1CCN(c2ccccn2)CC1. The molecule has 4 saturated carbocycles. The van der Waals surface area contributed by atoms with E-state index < -0.39 is 17.3 Å². The molecule has 0 radical (unpaired) electrons. The van der Waals surface area contributed by atoms with Crippen LogP contribution >= 0.6 is 0 Å². The summed E-state index contributed by atoms with van der Waals surface area (Å²) in [6, 6.07) is 6.02. The van der Waals surface area contributed by atoms with Gasteiger partial charge in [-0.2, -0.15) is 5.10 Å². The topological polar surface area (TPSA) is 104 Å². The minimum atomic E-state index is -0.523. The van der Waals surface area contributed by atoms with Gasteiger partial charge in [0.15, 0.2) is 0 Å². The van der Waals surface area contributed by atoms with Gasteiger partial charge in [-0.3, -0.25) is 19.3 Å². The zero-order valence-corrected chi connectivity index (χ0v) is 22.6. The molecule has 0 spiro atoms. The van der Waals surface area contributed by atoms with Crippen LogP contribution in [0.15, 0.2) is 36.7 Å². The van der Waals surface area contributed by atoms with Crippen molar-refractivity contribution in [2.24, 2.45) is 17.8 Å². The molecular weight excluding hydrogens is 504 g/mol. The zero-order valence-electron chi connectivity index (χ0n) is 22.6. The van der Waals surface area contributed by atoms with Gasteiger partial charge >= 0.3 is 0 Å². The number of pyridine rings is 2. The Balaban J connectivity index is 1.07. The van der Waals surface area contributed by atoms with Crippen molar-refractivity contribution in [2.45, 2.75) is 56.6 Å². The Morgan fingerprint density at radius 3 is 2.55 bits per heavy atom. The van der Waals surface area contributed by atoms with Crippen molar-refractivity contribution < 1.29 is 14.7 Å². The number of allylic oxidation sites excluding steroid dienone is 1. The number of carbonyl (C=O) groups is 2. The van der Waals surface area contributed by atoms with Gasteiger partial charge in [0.2, 0.25) is 5.78 Å². The summed E-state index contributed by atoms with van der Waals surface area (Å²) in [5.41, 5.74) is 3.29. The van der Waals surface area contributed by atoms with Crippen LogP contribution < -0.4 is 4.90 Å². The van der Waals surface area contributed by atoms with Crippen molar-refractivity contribution in [1.82, 2.24) is 24.6 Å². The van der Waals surface area contributed by atoms with E-state index in [2.05, 4.69) is 26.7 Å². The fraction of sp³-hybridized carbons (Fsp3) is 0.516. The third-order valence-electron chi connectivity index (χ3n) is 10.1. The van der Waals surface area contributed by atoms with E-state index in [1.54, 1.807) is 11.1 Å². The molecule has 5 fully saturated rings. The van der Waals surface area contributed by atoms with Crippen LogP contribution in [0.4, 0.5) is 5.82 Å². The van der Waals surface area contributed by atoms with Crippen molar-refractivity contribution in [2.75, 3.05) is 31.1 Å². The predicted octanol–water partition coefficient (Wildman–Crippen LogP) is 2.97. The molecule has 206 valence electrons. The van der Waals surface area contributed by atoms with E-state index >= 15 is 0 Å². The Morgan fingerprint density at radius 2 is 1.82 bits per heavy atom. The number of Topliss-reactive ketones (excluding diaryl/α,β-unsaturated/α-hetero) is 1. The molecule has 4 heterocycles. The van der Waals surface area contributed by atoms with Gasteiger partial charge in [-0.1, -0.05) is 18.2 Å². The van der Waals surface area contributed by atoms with Crippen LogP contribution in [0.1, 0.15) is 55.1 Å². The number of rotatable bonds is 5. The number of carbonyl (C=O) groups excluding carboxylic acids is 2. The monoisotopic (exact) mass is 538 g/mol. The molecule has 9 nitrogen and oxygen atoms in total. The average molecular weight is 539 g/mol. The van der Waals surface area contributed by atoms with Gasteiger partial charge in [-0.15, -0.1) is 0 Å². The van der Waals surface area contributed by atoms with Crippen LogP contribution in [0.2, 0.25) is 0 Å². The maximum atomic E-state index is 13.4. The van der Waals surface area contributed by atoms with Crippen molar-refractivity contribution >= 4 is 34.5 Å². The van der Waals surface area contributed by atoms with Gasteiger partial charge in [0.05, 0.1) is 35.0 Å². The Morgan fingerprint density at radius 1 is 1.02 bits per heavy atom. The first-order chi connectivity index (χ1) is 19.5. The van der Waals surface area contributed by atoms with Gasteiger partial charge in [-0.05, 0) is 62.0 Å². The molecule has 1 N–H and O–H groups in total. The minimum absolute atomic E-state index is 0.0262. The molecule has 9 rings (SSSR count). The van der Waals surface area contributed by atoms with Crippen molar-refractivity contribution in [3.05, 3.63) is 53.6 Å². The average Bonchev–Trinajstić information content (AvgIpc) is 3.57. The molecule has 1 saturated heterocycles. The summed E-state index contributed by atoms with van der Waals surface area (Å²) in [5, 5.41) is 17.2. The summed E-state index contributed by atoms with van der Waals surface area (Å²) in [7, 11) is 0. The largest absolute Gasteiger partial charge is 0.390 e. The number of anilines is 1. The molecule has 0 aromatic carbocycles. The summed E-state index contributed by atoms with van der Waals surface area (Å²) >= 11 is 0. The van der Waals surface area contributed by atoms with E-state index in [0.717, 1.165) is 66.5 Å². The number of ketones is 1. The second-order valence-corrected chi connectivity index (χ2v) is 12.6. The fourth-order valence-corrected chi connectivity index (χ4v) is 8.66. The molecule has 3 aromatic heterocycles. The lowest BCUT2D eigenvalue weighted by atomic mass is 9.52. The van der Waals surface area contributed by atoms with Crippen molar-refractivity contribution in [3.8, 4) is 0 Å². The molecule has 1 amide bonds. The molecular formula is C31H34N6O3.